The summed E-state index contributed by atoms with van der Waals surface area (Å²) in [4.78, 5) is 3.60. The monoisotopic (exact) mass is 295 g/mol. The number of pyridine rings is 1. The lowest BCUT2D eigenvalue weighted by molar-refractivity contribution is -0.274. The van der Waals surface area contributed by atoms with Crippen molar-refractivity contribution in [1.82, 2.24) is 4.98 Å². The Morgan fingerprint density at radius 1 is 1.56 bits per heavy atom. The van der Waals surface area contributed by atoms with E-state index in [9.17, 15) is 13.2 Å². The predicted molar refractivity (Wildman–Crippen MR) is 51.2 cm³/mol. The lowest BCUT2D eigenvalue weighted by Crippen LogP contribution is -2.19. The molecule has 16 heavy (non-hydrogen) atoms. The fourth-order valence-electron chi connectivity index (χ4n) is 1.02. The molecule has 2 N–H and O–H groups in total. The molecule has 1 rings (SSSR count). The molecule has 0 radical (unpaired) electrons. The molecule has 0 aliphatic rings. The summed E-state index contributed by atoms with van der Waals surface area (Å²) >= 11 is 2.98. The molecule has 0 bridgehead atoms. The second kappa shape index (κ2) is 4.67. The number of aromatic nitrogens is 1. The van der Waals surface area contributed by atoms with E-state index in [4.69, 9.17) is 11.0 Å². The zero-order valence-electron chi connectivity index (χ0n) is 7.68. The molecule has 0 saturated heterocycles. The zero-order valence-corrected chi connectivity index (χ0v) is 9.26. The summed E-state index contributed by atoms with van der Waals surface area (Å²) < 4.78 is 39.9. The number of nitrogens with two attached hydrogens (primary N) is 1. The molecule has 4 nitrogen and oxygen atoms in total. The van der Waals surface area contributed by atoms with Gasteiger partial charge >= 0.3 is 6.36 Å². The maximum Gasteiger partial charge on any atom is 0.573 e. The largest absolute Gasteiger partial charge is 0.573 e. The number of hydrogen-bond acceptors (Lipinski definition) is 4. The van der Waals surface area contributed by atoms with Crippen molar-refractivity contribution in [3.05, 3.63) is 21.9 Å². The number of nitrogens with zero attached hydrogens (tertiary/aromatic N) is 2. The van der Waals surface area contributed by atoms with Crippen LogP contribution >= 0.6 is 15.9 Å². The fraction of sp³-hybridized carbons (Fsp3) is 0.250. The number of nitriles is 1. The van der Waals surface area contributed by atoms with Crippen LogP contribution in [0.5, 0.6) is 5.75 Å². The Labute approximate surface area is 97.0 Å². The van der Waals surface area contributed by atoms with E-state index < -0.39 is 12.1 Å². The molecule has 0 fully saturated rings. The molecule has 1 aromatic heterocycles. The minimum Gasteiger partial charge on any atom is -0.403 e. The van der Waals surface area contributed by atoms with Gasteiger partial charge < -0.3 is 10.5 Å². The third-order valence-electron chi connectivity index (χ3n) is 1.63. The molecule has 0 aromatic carbocycles. The predicted octanol–water partition coefficient (Wildman–Crippen LogP) is 2.07. The van der Waals surface area contributed by atoms with E-state index in [1.54, 1.807) is 6.07 Å². The minimum atomic E-state index is -4.87. The molecule has 0 amide bonds. The van der Waals surface area contributed by atoms with E-state index in [-0.39, 0.29) is 22.3 Å². The summed E-state index contributed by atoms with van der Waals surface area (Å²) in [7, 11) is 0. The molecule has 0 unspecified atom stereocenters. The number of alkyl halides is 3. The Kier molecular flexibility index (Phi) is 3.72. The van der Waals surface area contributed by atoms with Gasteiger partial charge in [0.15, 0.2) is 5.75 Å². The molecule has 86 valence electrons. The van der Waals surface area contributed by atoms with Gasteiger partial charge in [-0.25, -0.2) is 4.98 Å². The smallest absolute Gasteiger partial charge is 0.403 e. The Morgan fingerprint density at radius 2 is 2.19 bits per heavy atom. The molecule has 8 heteroatoms. The quantitative estimate of drug-likeness (QED) is 0.848. The van der Waals surface area contributed by atoms with E-state index in [2.05, 4.69) is 25.7 Å². The summed E-state index contributed by atoms with van der Waals surface area (Å²) in [6.07, 6.45) is -4.05. The van der Waals surface area contributed by atoms with E-state index in [0.717, 1.165) is 6.20 Å². The highest BCUT2D eigenvalue weighted by Gasteiger charge is 2.33. The van der Waals surface area contributed by atoms with Crippen LogP contribution in [0.1, 0.15) is 11.1 Å². The van der Waals surface area contributed by atoms with Gasteiger partial charge in [-0.3, -0.25) is 0 Å². The van der Waals surface area contributed by atoms with Gasteiger partial charge in [0.1, 0.15) is 16.2 Å². The third kappa shape index (κ3) is 2.84. The molecule has 0 aliphatic carbocycles. The molecular formula is C8H5BrF3N3O. The van der Waals surface area contributed by atoms with Crippen molar-refractivity contribution in [2.75, 3.05) is 0 Å². The minimum absolute atomic E-state index is 0.120. The molecule has 0 saturated carbocycles. The maximum absolute atomic E-state index is 12.0. The number of halogens is 4. The molecular weight excluding hydrogens is 291 g/mol. The highest BCUT2D eigenvalue weighted by molar-refractivity contribution is 9.10. The van der Waals surface area contributed by atoms with E-state index in [0.29, 0.717) is 0 Å². The summed E-state index contributed by atoms with van der Waals surface area (Å²) in [6, 6.07) is 1.60. The van der Waals surface area contributed by atoms with Gasteiger partial charge in [-0.2, -0.15) is 5.26 Å². The van der Waals surface area contributed by atoms with E-state index in [1.165, 1.54) is 0 Å². The van der Waals surface area contributed by atoms with E-state index in [1.807, 2.05) is 0 Å². The molecule has 0 spiro atoms. The van der Waals surface area contributed by atoms with Crippen molar-refractivity contribution >= 4 is 15.9 Å². The Morgan fingerprint density at radius 3 is 2.62 bits per heavy atom. The Balaban J connectivity index is 3.27. The lowest BCUT2D eigenvalue weighted by Gasteiger charge is -2.12. The average Bonchev–Trinajstić information content (AvgIpc) is 2.18. The Hall–Kier alpha value is -1.33. The second-order valence-electron chi connectivity index (χ2n) is 2.63. The normalized spacial score (nSPS) is 11.0. The number of rotatable bonds is 2. The van der Waals surface area contributed by atoms with Crippen LogP contribution in [-0.4, -0.2) is 11.3 Å². The maximum atomic E-state index is 12.0. The fourth-order valence-corrected chi connectivity index (χ4v) is 1.48. The van der Waals surface area contributed by atoms with Gasteiger partial charge in [0, 0.05) is 12.1 Å². The van der Waals surface area contributed by atoms with Crippen LogP contribution in [0.25, 0.3) is 0 Å². The molecule has 0 aliphatic heterocycles. The van der Waals surface area contributed by atoms with Gasteiger partial charge in [-0.15, -0.1) is 13.2 Å². The van der Waals surface area contributed by atoms with Crippen molar-refractivity contribution in [2.24, 2.45) is 5.73 Å². The van der Waals surface area contributed by atoms with Crippen LogP contribution < -0.4 is 10.5 Å². The summed E-state index contributed by atoms with van der Waals surface area (Å²) in [5, 5.41) is 8.75. The van der Waals surface area contributed by atoms with Gasteiger partial charge in [-0.1, -0.05) is 0 Å². The average molecular weight is 296 g/mol. The van der Waals surface area contributed by atoms with E-state index >= 15 is 0 Å². The van der Waals surface area contributed by atoms with Crippen LogP contribution in [0.15, 0.2) is 10.8 Å². The van der Waals surface area contributed by atoms with Crippen LogP contribution in [0.4, 0.5) is 13.2 Å². The first-order valence-corrected chi connectivity index (χ1v) is 4.71. The SMILES string of the molecule is N#Cc1c(OC(F)(F)F)cnc(Br)c1CN. The first-order valence-electron chi connectivity index (χ1n) is 3.92. The van der Waals surface area contributed by atoms with Crippen molar-refractivity contribution in [2.45, 2.75) is 12.9 Å². The van der Waals surface area contributed by atoms with Gasteiger partial charge in [-0.05, 0) is 15.9 Å². The first-order chi connectivity index (χ1) is 7.39. The van der Waals surface area contributed by atoms with Gasteiger partial charge in [0.25, 0.3) is 0 Å². The topological polar surface area (TPSA) is 71.9 Å². The van der Waals surface area contributed by atoms with Crippen molar-refractivity contribution < 1.29 is 17.9 Å². The van der Waals surface area contributed by atoms with Crippen molar-refractivity contribution in [3.63, 3.8) is 0 Å². The zero-order chi connectivity index (χ0) is 12.3. The van der Waals surface area contributed by atoms with Crippen molar-refractivity contribution in [3.8, 4) is 11.8 Å². The van der Waals surface area contributed by atoms with Crippen LogP contribution in [-0.2, 0) is 6.54 Å². The molecule has 1 aromatic rings. The number of ether oxygens (including phenoxy) is 1. The summed E-state index contributed by atoms with van der Waals surface area (Å²) in [6.45, 7) is -0.120. The first kappa shape index (κ1) is 12.7. The highest BCUT2D eigenvalue weighted by Crippen LogP contribution is 2.30. The Bertz CT molecular complexity index is 441. The van der Waals surface area contributed by atoms with Crippen LogP contribution in [0, 0.1) is 11.3 Å². The molecule has 1 heterocycles. The second-order valence-corrected chi connectivity index (χ2v) is 3.38. The standard InChI is InChI=1S/C8H5BrF3N3O/c9-7-5(2-14)4(1-13)6(3-15-7)16-8(10,11)12/h3H,2,14H2. The van der Waals surface area contributed by atoms with Crippen molar-refractivity contribution in [1.29, 1.82) is 5.26 Å². The lowest BCUT2D eigenvalue weighted by atomic mass is 10.1. The van der Waals surface area contributed by atoms with Crippen LogP contribution in [0.2, 0.25) is 0 Å². The van der Waals surface area contributed by atoms with Crippen LogP contribution in [0.3, 0.4) is 0 Å². The summed E-state index contributed by atoms with van der Waals surface area (Å²) in [5.74, 6) is -0.654. The van der Waals surface area contributed by atoms with Gasteiger partial charge in [0.05, 0.1) is 6.20 Å². The third-order valence-corrected chi connectivity index (χ3v) is 2.32. The highest BCUT2D eigenvalue weighted by atomic mass is 79.9. The number of hydrogen-bond donors (Lipinski definition) is 1. The van der Waals surface area contributed by atoms with Gasteiger partial charge in [0.2, 0.25) is 0 Å². The molecule has 0 atom stereocenters. The summed E-state index contributed by atoms with van der Waals surface area (Å²) in [5.41, 5.74) is 5.20.